The van der Waals surface area contributed by atoms with Crippen molar-refractivity contribution in [3.8, 4) is 11.4 Å². The number of rotatable bonds is 9. The number of hydrogen-bond donors (Lipinski definition) is 3. The highest BCUT2D eigenvalue weighted by Crippen LogP contribution is 2.15. The third kappa shape index (κ3) is 6.21. The highest BCUT2D eigenvalue weighted by Gasteiger charge is 2.07. The molecule has 6 heteroatoms. The van der Waals surface area contributed by atoms with Crippen molar-refractivity contribution in [3.05, 3.63) is 36.2 Å². The molecule has 0 fully saturated rings. The molecule has 1 aromatic carbocycles. The van der Waals surface area contributed by atoms with Crippen LogP contribution in [0.2, 0.25) is 0 Å². The Morgan fingerprint density at radius 1 is 1.28 bits per heavy atom. The summed E-state index contributed by atoms with van der Waals surface area (Å²) in [5, 5.41) is 13.6. The number of aliphatic imine (C=N–C) groups is 1. The normalized spacial score (nSPS) is 12.8. The van der Waals surface area contributed by atoms with E-state index >= 15 is 0 Å². The molecule has 0 saturated heterocycles. The molecule has 136 valence electrons. The molecule has 0 aliphatic carbocycles. The first kappa shape index (κ1) is 19.0. The molecule has 1 atom stereocenters. The predicted octanol–water partition coefficient (Wildman–Crippen LogP) is 3.35. The van der Waals surface area contributed by atoms with Crippen LogP contribution in [-0.2, 0) is 6.54 Å². The number of hydrogen-bond acceptors (Lipinski definition) is 3. The van der Waals surface area contributed by atoms with Gasteiger partial charge in [0.1, 0.15) is 6.33 Å². The Balaban J connectivity index is 1.85. The van der Waals surface area contributed by atoms with Crippen LogP contribution >= 0.6 is 0 Å². The Morgan fingerprint density at radius 2 is 2.16 bits per heavy atom. The molecule has 1 unspecified atom stereocenters. The van der Waals surface area contributed by atoms with Crippen LogP contribution in [0.5, 0.6) is 0 Å². The van der Waals surface area contributed by atoms with Crippen molar-refractivity contribution in [3.63, 3.8) is 0 Å². The van der Waals surface area contributed by atoms with Crippen LogP contribution in [0.4, 0.5) is 0 Å². The first-order valence-corrected chi connectivity index (χ1v) is 9.16. The molecule has 0 aliphatic heterocycles. The van der Waals surface area contributed by atoms with E-state index in [0.29, 0.717) is 12.5 Å². The van der Waals surface area contributed by atoms with Gasteiger partial charge < -0.3 is 10.6 Å². The zero-order valence-electron chi connectivity index (χ0n) is 15.5. The lowest BCUT2D eigenvalue weighted by Crippen LogP contribution is -2.39. The average Bonchev–Trinajstić information content (AvgIpc) is 3.19. The predicted molar refractivity (Wildman–Crippen MR) is 103 cm³/mol. The maximum absolute atomic E-state index is 4.33. The molecule has 25 heavy (non-hydrogen) atoms. The summed E-state index contributed by atoms with van der Waals surface area (Å²) in [5.41, 5.74) is 2.21. The van der Waals surface area contributed by atoms with E-state index in [1.807, 2.05) is 19.2 Å². The number of H-pyrrole nitrogens is 1. The number of aromatic nitrogens is 3. The third-order valence-electron chi connectivity index (χ3n) is 4.40. The summed E-state index contributed by atoms with van der Waals surface area (Å²) in [7, 11) is 1.81. The van der Waals surface area contributed by atoms with Gasteiger partial charge in [0, 0.05) is 25.7 Å². The van der Waals surface area contributed by atoms with Crippen molar-refractivity contribution in [1.29, 1.82) is 0 Å². The van der Waals surface area contributed by atoms with Crippen LogP contribution in [-0.4, -0.2) is 34.7 Å². The Labute approximate surface area is 150 Å². The van der Waals surface area contributed by atoms with E-state index in [2.05, 4.69) is 56.8 Å². The van der Waals surface area contributed by atoms with Gasteiger partial charge in [-0.25, -0.2) is 4.98 Å². The summed E-state index contributed by atoms with van der Waals surface area (Å²) in [6, 6.07) is 8.26. The van der Waals surface area contributed by atoms with Crippen LogP contribution in [0.15, 0.2) is 35.6 Å². The summed E-state index contributed by atoms with van der Waals surface area (Å²) in [4.78, 5) is 8.53. The highest BCUT2D eigenvalue weighted by atomic mass is 15.2. The lowest BCUT2D eigenvalue weighted by molar-refractivity contribution is 0.443. The van der Waals surface area contributed by atoms with Crippen molar-refractivity contribution < 1.29 is 0 Å². The van der Waals surface area contributed by atoms with E-state index < -0.39 is 0 Å². The van der Waals surface area contributed by atoms with Crippen LogP contribution < -0.4 is 10.6 Å². The molecule has 6 nitrogen and oxygen atoms in total. The van der Waals surface area contributed by atoms with E-state index in [-0.39, 0.29) is 0 Å². The molecular formula is C19H30N6. The van der Waals surface area contributed by atoms with Crippen LogP contribution in [0.3, 0.4) is 0 Å². The number of unbranched alkanes of at least 4 members (excludes halogenated alkanes) is 1. The number of nitrogens with one attached hydrogen (secondary N) is 3. The minimum Gasteiger partial charge on any atom is -0.356 e. The van der Waals surface area contributed by atoms with Gasteiger partial charge in [-0.1, -0.05) is 51.3 Å². The molecule has 0 aliphatic rings. The fraction of sp³-hybridized carbons (Fsp3) is 0.526. The number of guanidine groups is 1. The largest absolute Gasteiger partial charge is 0.356 e. The summed E-state index contributed by atoms with van der Waals surface area (Å²) >= 11 is 0. The van der Waals surface area contributed by atoms with Gasteiger partial charge >= 0.3 is 0 Å². The van der Waals surface area contributed by atoms with Gasteiger partial charge in [-0.3, -0.25) is 10.1 Å². The van der Waals surface area contributed by atoms with Crippen molar-refractivity contribution in [2.45, 2.75) is 46.1 Å². The Bertz CT molecular complexity index is 635. The minimum absolute atomic E-state index is 0.702. The van der Waals surface area contributed by atoms with Gasteiger partial charge in [0.2, 0.25) is 0 Å². The monoisotopic (exact) mass is 342 g/mol. The van der Waals surface area contributed by atoms with E-state index in [9.17, 15) is 0 Å². The molecule has 0 spiro atoms. The first-order valence-electron chi connectivity index (χ1n) is 9.16. The minimum atomic E-state index is 0.702. The fourth-order valence-corrected chi connectivity index (χ4v) is 2.76. The second-order valence-electron chi connectivity index (χ2n) is 6.26. The van der Waals surface area contributed by atoms with E-state index in [1.54, 1.807) is 0 Å². The molecule has 2 rings (SSSR count). The summed E-state index contributed by atoms with van der Waals surface area (Å²) in [6.45, 7) is 6.18. The van der Waals surface area contributed by atoms with Crippen molar-refractivity contribution in [1.82, 2.24) is 25.8 Å². The summed E-state index contributed by atoms with van der Waals surface area (Å²) in [5.74, 6) is 2.33. The fourth-order valence-electron chi connectivity index (χ4n) is 2.76. The highest BCUT2D eigenvalue weighted by molar-refractivity contribution is 5.79. The Kier molecular flexibility index (Phi) is 7.95. The van der Waals surface area contributed by atoms with Crippen molar-refractivity contribution in [2.24, 2.45) is 10.9 Å². The number of aromatic amines is 1. The molecule has 1 aromatic heterocycles. The van der Waals surface area contributed by atoms with E-state index in [1.165, 1.54) is 37.6 Å². The Hall–Kier alpha value is -2.37. The molecular weight excluding hydrogens is 312 g/mol. The maximum Gasteiger partial charge on any atom is 0.191 e. The Morgan fingerprint density at radius 3 is 2.84 bits per heavy atom. The molecule has 0 amide bonds. The van der Waals surface area contributed by atoms with Crippen molar-refractivity contribution in [2.75, 3.05) is 13.6 Å². The molecule has 0 bridgehead atoms. The van der Waals surface area contributed by atoms with Gasteiger partial charge in [-0.15, -0.1) is 0 Å². The maximum atomic E-state index is 4.33. The van der Waals surface area contributed by atoms with Crippen LogP contribution in [0.1, 0.15) is 45.1 Å². The van der Waals surface area contributed by atoms with Gasteiger partial charge in [-0.05, 0) is 24.0 Å². The molecule has 3 N–H and O–H groups in total. The van der Waals surface area contributed by atoms with Crippen molar-refractivity contribution >= 4 is 5.96 Å². The lowest BCUT2D eigenvalue weighted by Gasteiger charge is -2.18. The summed E-state index contributed by atoms with van der Waals surface area (Å²) < 4.78 is 0. The van der Waals surface area contributed by atoms with Crippen LogP contribution in [0, 0.1) is 5.92 Å². The number of benzene rings is 1. The van der Waals surface area contributed by atoms with Gasteiger partial charge in [0.25, 0.3) is 0 Å². The molecule has 0 saturated carbocycles. The van der Waals surface area contributed by atoms with Gasteiger partial charge in [-0.2, -0.15) is 5.10 Å². The first-order chi connectivity index (χ1) is 12.3. The zero-order chi connectivity index (χ0) is 17.9. The lowest BCUT2D eigenvalue weighted by atomic mass is 9.99. The quantitative estimate of drug-likeness (QED) is 0.482. The molecule has 0 radical (unpaired) electrons. The molecule has 2 aromatic rings. The second kappa shape index (κ2) is 10.5. The molecule has 1 heterocycles. The van der Waals surface area contributed by atoms with E-state index in [0.717, 1.165) is 23.9 Å². The second-order valence-corrected chi connectivity index (χ2v) is 6.26. The zero-order valence-corrected chi connectivity index (χ0v) is 15.5. The van der Waals surface area contributed by atoms with Gasteiger partial charge in [0.05, 0.1) is 0 Å². The topological polar surface area (TPSA) is 78.0 Å². The smallest absolute Gasteiger partial charge is 0.191 e. The number of nitrogens with zero attached hydrogens (tertiary/aromatic N) is 3. The van der Waals surface area contributed by atoms with E-state index in [4.69, 9.17) is 0 Å². The third-order valence-corrected chi connectivity index (χ3v) is 4.40. The average molecular weight is 342 g/mol. The summed E-state index contributed by atoms with van der Waals surface area (Å²) in [6.07, 6.45) is 6.54. The SMILES string of the molecule is CCCCC(CC)CNC(=NC)NCc1cccc(-c2ncn[nH]2)c1. The standard InChI is InChI=1S/C19H30N6/c1-4-6-8-15(5-2)12-21-19(20-3)22-13-16-9-7-10-17(11-16)18-23-14-24-25-18/h7,9-11,14-15H,4-6,8,12-13H2,1-3H3,(H2,20,21,22)(H,23,24,25). The van der Waals surface area contributed by atoms with Gasteiger partial charge in [0.15, 0.2) is 11.8 Å². The van der Waals surface area contributed by atoms with Crippen LogP contribution in [0.25, 0.3) is 11.4 Å².